The predicted octanol–water partition coefficient (Wildman–Crippen LogP) is 2.33. The van der Waals surface area contributed by atoms with E-state index in [9.17, 15) is 13.2 Å². The van der Waals surface area contributed by atoms with Crippen LogP contribution in [0.15, 0.2) is 18.6 Å². The van der Waals surface area contributed by atoms with Crippen molar-refractivity contribution in [1.29, 1.82) is 0 Å². The summed E-state index contributed by atoms with van der Waals surface area (Å²) in [6.07, 6.45) is -1.34. The van der Waals surface area contributed by atoms with E-state index in [1.165, 1.54) is 15.5 Å². The highest BCUT2D eigenvalue weighted by atomic mass is 19.4. The van der Waals surface area contributed by atoms with Gasteiger partial charge in [-0.05, 0) is 13.0 Å². The van der Waals surface area contributed by atoms with Crippen LogP contribution in [0.25, 0.3) is 16.7 Å². The van der Waals surface area contributed by atoms with Gasteiger partial charge in [-0.2, -0.15) is 23.4 Å². The number of fused-ring (bicyclic) bond motifs is 3. The molecule has 0 saturated carbocycles. The van der Waals surface area contributed by atoms with Crippen molar-refractivity contribution in [2.75, 3.05) is 0 Å². The Hall–Kier alpha value is -2.98. The van der Waals surface area contributed by atoms with Crippen LogP contribution in [0, 0.1) is 6.92 Å². The van der Waals surface area contributed by atoms with E-state index in [1.807, 2.05) is 6.92 Å². The topological polar surface area (TPSA) is 89.6 Å². The van der Waals surface area contributed by atoms with Crippen LogP contribution in [0.2, 0.25) is 0 Å². The molecule has 8 nitrogen and oxygen atoms in total. The lowest BCUT2D eigenvalue weighted by Gasteiger charge is -2.09. The fourth-order valence-corrected chi connectivity index (χ4v) is 2.64. The lowest BCUT2D eigenvalue weighted by Crippen LogP contribution is -2.12. The van der Waals surface area contributed by atoms with Gasteiger partial charge in [-0.1, -0.05) is 6.92 Å². The predicted molar refractivity (Wildman–Crippen MR) is 80.8 cm³/mol. The van der Waals surface area contributed by atoms with Crippen LogP contribution >= 0.6 is 0 Å². The summed E-state index contributed by atoms with van der Waals surface area (Å²) in [4.78, 5) is 8.65. The Bertz CT molecular complexity index is 1060. The van der Waals surface area contributed by atoms with Crippen LogP contribution in [0.3, 0.4) is 0 Å². The van der Waals surface area contributed by atoms with Crippen LogP contribution in [-0.4, -0.2) is 39.6 Å². The Morgan fingerprint density at radius 1 is 1.28 bits per heavy atom. The minimum atomic E-state index is -4.46. The van der Waals surface area contributed by atoms with Gasteiger partial charge in [-0.3, -0.25) is 9.78 Å². The van der Waals surface area contributed by atoms with Gasteiger partial charge in [0.1, 0.15) is 6.33 Å². The molecule has 130 valence electrons. The average molecular weight is 350 g/mol. The van der Waals surface area contributed by atoms with E-state index in [0.717, 1.165) is 11.5 Å². The molecule has 0 spiro atoms. The molecule has 25 heavy (non-hydrogen) atoms. The Morgan fingerprint density at radius 3 is 2.80 bits per heavy atom. The third kappa shape index (κ3) is 2.61. The highest BCUT2D eigenvalue weighted by Gasteiger charge is 2.34. The maximum absolute atomic E-state index is 12.8. The molecule has 1 N–H and O–H groups in total. The van der Waals surface area contributed by atoms with Crippen molar-refractivity contribution in [2.45, 2.75) is 32.5 Å². The zero-order valence-corrected chi connectivity index (χ0v) is 13.3. The SMILES string of the molecule is Cc1cc(C(F)(F)F)nn1C[C@H](C)c1nc2c3cn[nH]c3ncn2n1. The highest BCUT2D eigenvalue weighted by Crippen LogP contribution is 2.29. The number of rotatable bonds is 3. The van der Waals surface area contributed by atoms with Gasteiger partial charge in [-0.15, -0.1) is 5.10 Å². The van der Waals surface area contributed by atoms with Crippen LogP contribution in [-0.2, 0) is 12.7 Å². The van der Waals surface area contributed by atoms with E-state index in [0.29, 0.717) is 22.8 Å². The molecule has 0 radical (unpaired) electrons. The molecule has 0 aliphatic carbocycles. The number of nitrogens with one attached hydrogen (secondary N) is 1. The molecule has 0 aliphatic heterocycles. The zero-order valence-electron chi connectivity index (χ0n) is 13.3. The summed E-state index contributed by atoms with van der Waals surface area (Å²) in [6.45, 7) is 3.66. The fourth-order valence-electron chi connectivity index (χ4n) is 2.64. The van der Waals surface area contributed by atoms with Gasteiger partial charge in [0.05, 0.1) is 18.1 Å². The summed E-state index contributed by atoms with van der Waals surface area (Å²) in [5.41, 5.74) is 0.719. The summed E-state index contributed by atoms with van der Waals surface area (Å²) in [5.74, 6) is 0.264. The molecule has 4 rings (SSSR count). The van der Waals surface area contributed by atoms with E-state index in [2.05, 4.69) is 30.4 Å². The normalized spacial score (nSPS) is 13.8. The molecule has 0 aliphatic rings. The third-order valence-corrected chi connectivity index (χ3v) is 3.96. The van der Waals surface area contributed by atoms with Crippen molar-refractivity contribution in [3.8, 4) is 0 Å². The molecule has 11 heteroatoms. The van der Waals surface area contributed by atoms with Crippen molar-refractivity contribution in [2.24, 2.45) is 0 Å². The van der Waals surface area contributed by atoms with Crippen molar-refractivity contribution >= 4 is 16.7 Å². The highest BCUT2D eigenvalue weighted by molar-refractivity contribution is 5.87. The van der Waals surface area contributed by atoms with Crippen molar-refractivity contribution in [3.05, 3.63) is 35.8 Å². The smallest absolute Gasteiger partial charge is 0.269 e. The molecule has 0 fully saturated rings. The van der Waals surface area contributed by atoms with Crippen molar-refractivity contribution < 1.29 is 13.2 Å². The fraction of sp³-hybridized carbons (Fsp3) is 0.357. The first-order valence-corrected chi connectivity index (χ1v) is 7.49. The van der Waals surface area contributed by atoms with Crippen LogP contribution in [0.5, 0.6) is 0 Å². The minimum absolute atomic E-state index is 0.235. The number of alkyl halides is 3. The Kier molecular flexibility index (Phi) is 3.27. The maximum Gasteiger partial charge on any atom is 0.435 e. The number of hydrogen-bond donors (Lipinski definition) is 1. The number of nitrogens with zero attached hydrogens (tertiary/aromatic N) is 7. The Morgan fingerprint density at radius 2 is 2.08 bits per heavy atom. The second kappa shape index (κ2) is 5.26. The average Bonchev–Trinajstić information content (AvgIpc) is 3.23. The second-order valence-corrected chi connectivity index (χ2v) is 5.87. The van der Waals surface area contributed by atoms with Crippen LogP contribution in [0.1, 0.15) is 30.1 Å². The van der Waals surface area contributed by atoms with Gasteiger partial charge in [0, 0.05) is 11.6 Å². The second-order valence-electron chi connectivity index (χ2n) is 5.87. The van der Waals surface area contributed by atoms with Gasteiger partial charge in [0.2, 0.25) is 0 Å². The van der Waals surface area contributed by atoms with Gasteiger partial charge < -0.3 is 0 Å². The molecule has 0 amide bonds. The summed E-state index contributed by atoms with van der Waals surface area (Å²) in [5, 5.41) is 15.4. The summed E-state index contributed by atoms with van der Waals surface area (Å²) in [6, 6.07) is 1.03. The summed E-state index contributed by atoms with van der Waals surface area (Å²) in [7, 11) is 0. The maximum atomic E-state index is 12.8. The third-order valence-electron chi connectivity index (χ3n) is 3.96. The summed E-state index contributed by atoms with van der Waals surface area (Å²) >= 11 is 0. The standard InChI is InChI=1S/C14H13F3N8/c1-7(5-24-8(2)3-10(22-24)14(15,16)17)11-20-13-9-4-19-21-12(9)18-6-25(13)23-11/h3-4,6-7H,5H2,1-2H3,(H,19,21)/t7-/m0/s1. The van der Waals surface area contributed by atoms with Gasteiger partial charge in [0.15, 0.2) is 22.8 Å². The van der Waals surface area contributed by atoms with Crippen molar-refractivity contribution in [1.82, 2.24) is 39.6 Å². The largest absolute Gasteiger partial charge is 0.435 e. The molecule has 4 aromatic heterocycles. The summed E-state index contributed by atoms with van der Waals surface area (Å²) < 4.78 is 41.2. The quantitative estimate of drug-likeness (QED) is 0.612. The molecule has 0 saturated heterocycles. The molecule has 1 atom stereocenters. The number of hydrogen-bond acceptors (Lipinski definition) is 5. The monoisotopic (exact) mass is 350 g/mol. The van der Waals surface area contributed by atoms with E-state index < -0.39 is 11.9 Å². The van der Waals surface area contributed by atoms with Crippen LogP contribution in [0.4, 0.5) is 13.2 Å². The molecular formula is C14H13F3N8. The molecule has 0 unspecified atom stereocenters. The minimum Gasteiger partial charge on any atom is -0.269 e. The van der Waals surface area contributed by atoms with Gasteiger partial charge >= 0.3 is 6.18 Å². The first kappa shape index (κ1) is 15.5. The van der Waals surface area contributed by atoms with E-state index in [4.69, 9.17) is 0 Å². The van der Waals surface area contributed by atoms with E-state index in [1.54, 1.807) is 13.1 Å². The zero-order chi connectivity index (χ0) is 17.8. The van der Waals surface area contributed by atoms with Gasteiger partial charge in [0.25, 0.3) is 0 Å². The van der Waals surface area contributed by atoms with Crippen molar-refractivity contribution in [3.63, 3.8) is 0 Å². The first-order valence-electron chi connectivity index (χ1n) is 7.49. The lowest BCUT2D eigenvalue weighted by atomic mass is 10.1. The number of H-pyrrole nitrogens is 1. The van der Waals surface area contributed by atoms with E-state index in [-0.39, 0.29) is 12.5 Å². The lowest BCUT2D eigenvalue weighted by molar-refractivity contribution is -0.141. The van der Waals surface area contributed by atoms with Gasteiger partial charge in [-0.25, -0.2) is 14.5 Å². The van der Waals surface area contributed by atoms with E-state index >= 15 is 0 Å². The number of aromatic amines is 1. The first-order chi connectivity index (χ1) is 11.8. The molecule has 0 aromatic carbocycles. The number of halogens is 3. The molecular weight excluding hydrogens is 337 g/mol. The molecule has 4 aromatic rings. The van der Waals surface area contributed by atoms with Crippen LogP contribution < -0.4 is 0 Å². The molecule has 4 heterocycles. The Balaban J connectivity index is 1.66. The molecule has 0 bridgehead atoms. The Labute approximate surface area is 138 Å². The number of aryl methyl sites for hydroxylation is 1. The number of aromatic nitrogens is 8.